The Hall–Kier alpha value is -3.00. The van der Waals surface area contributed by atoms with E-state index in [0.29, 0.717) is 31.9 Å². The van der Waals surface area contributed by atoms with Crippen molar-refractivity contribution < 1.29 is 14.4 Å². The van der Waals surface area contributed by atoms with Gasteiger partial charge in [0.2, 0.25) is 11.8 Å². The second-order valence-corrected chi connectivity index (χ2v) is 9.77. The highest BCUT2D eigenvalue weighted by Crippen LogP contribution is 2.40. The van der Waals surface area contributed by atoms with Crippen LogP contribution in [0.2, 0.25) is 0 Å². The van der Waals surface area contributed by atoms with E-state index < -0.39 is 5.25 Å². The molecule has 3 aliphatic rings. The molecule has 0 radical (unpaired) electrons. The third-order valence-corrected chi connectivity index (χ3v) is 7.82. The van der Waals surface area contributed by atoms with Gasteiger partial charge < -0.3 is 19.6 Å². The van der Waals surface area contributed by atoms with Gasteiger partial charge >= 0.3 is 0 Å². The van der Waals surface area contributed by atoms with Crippen LogP contribution in [-0.2, 0) is 14.4 Å². The fraction of sp³-hybridized carbons (Fsp3) is 0.400. The zero-order valence-electron chi connectivity index (χ0n) is 18.6. The summed E-state index contributed by atoms with van der Waals surface area (Å²) in [7, 11) is 0. The second-order valence-electron chi connectivity index (χ2n) is 8.63. The number of fused-ring (bicyclic) bond motifs is 1. The predicted octanol–water partition coefficient (Wildman–Crippen LogP) is 2.47. The van der Waals surface area contributed by atoms with Gasteiger partial charge in [-0.05, 0) is 37.1 Å². The molecule has 172 valence electrons. The molecule has 2 saturated heterocycles. The van der Waals surface area contributed by atoms with E-state index in [1.54, 1.807) is 4.90 Å². The average molecular weight is 465 g/mol. The van der Waals surface area contributed by atoms with Crippen molar-refractivity contribution in [1.29, 1.82) is 0 Å². The number of hydrogen-bond donors (Lipinski definition) is 0. The Morgan fingerprint density at radius 1 is 0.818 bits per heavy atom. The molecule has 0 aromatic heterocycles. The summed E-state index contributed by atoms with van der Waals surface area (Å²) in [5.41, 5.74) is 1.87. The molecule has 0 saturated carbocycles. The zero-order chi connectivity index (χ0) is 22.8. The lowest BCUT2D eigenvalue weighted by molar-refractivity contribution is -0.135. The maximum absolute atomic E-state index is 13.4. The first-order valence-corrected chi connectivity index (χ1v) is 12.4. The molecule has 1 atom stereocenters. The molecule has 3 amide bonds. The summed E-state index contributed by atoms with van der Waals surface area (Å²) in [6, 6.07) is 17.7. The van der Waals surface area contributed by atoms with Crippen LogP contribution in [0, 0.1) is 0 Å². The Bertz CT molecular complexity index is 1030. The number of carbonyl (C=O) groups is 3. The molecule has 0 aliphatic carbocycles. The number of carbonyl (C=O) groups excluding carboxylic acids is 3. The van der Waals surface area contributed by atoms with Crippen molar-refractivity contribution in [2.75, 3.05) is 55.6 Å². The topological polar surface area (TPSA) is 64.2 Å². The van der Waals surface area contributed by atoms with Crippen LogP contribution in [0.3, 0.4) is 0 Å². The maximum Gasteiger partial charge on any atom is 0.250 e. The number of para-hydroxylation sites is 2. The molecular weight excluding hydrogens is 436 g/mol. The first-order chi connectivity index (χ1) is 16.1. The van der Waals surface area contributed by atoms with Gasteiger partial charge in [-0.25, -0.2) is 0 Å². The van der Waals surface area contributed by atoms with E-state index in [9.17, 15) is 14.4 Å². The number of piperazine rings is 1. The van der Waals surface area contributed by atoms with Crippen molar-refractivity contribution in [1.82, 2.24) is 9.80 Å². The van der Waals surface area contributed by atoms with E-state index in [4.69, 9.17) is 0 Å². The van der Waals surface area contributed by atoms with E-state index in [0.717, 1.165) is 36.5 Å². The van der Waals surface area contributed by atoms with Crippen molar-refractivity contribution in [3.8, 4) is 0 Å². The van der Waals surface area contributed by atoms with Crippen molar-refractivity contribution in [2.24, 2.45) is 0 Å². The lowest BCUT2D eigenvalue weighted by atomic mass is 10.2. The standard InChI is InChI=1S/C25H28N4O3S/c30-22(27-16-14-26(15-17-27)19-8-2-1-3-9-19)18-29-20-10-4-5-11-21(20)33-23(25(29)32)24(31)28-12-6-7-13-28/h1-5,8-11,23H,6-7,12-18H2. The maximum atomic E-state index is 13.4. The van der Waals surface area contributed by atoms with Crippen LogP contribution in [0.25, 0.3) is 0 Å². The molecule has 8 heteroatoms. The number of likely N-dealkylation sites (tertiary alicyclic amines) is 1. The Morgan fingerprint density at radius 3 is 2.21 bits per heavy atom. The van der Waals surface area contributed by atoms with E-state index in [1.165, 1.54) is 16.7 Å². The minimum absolute atomic E-state index is 0.0362. The van der Waals surface area contributed by atoms with Gasteiger partial charge in [-0.2, -0.15) is 0 Å². The minimum atomic E-state index is -0.819. The number of thioether (sulfide) groups is 1. The van der Waals surface area contributed by atoms with Crippen molar-refractivity contribution >= 4 is 40.9 Å². The van der Waals surface area contributed by atoms with E-state index in [-0.39, 0.29) is 24.3 Å². The summed E-state index contributed by atoms with van der Waals surface area (Å²) >= 11 is 1.31. The van der Waals surface area contributed by atoms with E-state index in [1.807, 2.05) is 47.4 Å². The van der Waals surface area contributed by atoms with Crippen LogP contribution in [0.1, 0.15) is 12.8 Å². The monoisotopic (exact) mass is 464 g/mol. The molecule has 2 aromatic rings. The number of nitrogens with zero attached hydrogens (tertiary/aromatic N) is 4. The number of hydrogen-bond acceptors (Lipinski definition) is 5. The van der Waals surface area contributed by atoms with Crippen LogP contribution in [0.4, 0.5) is 11.4 Å². The van der Waals surface area contributed by atoms with E-state index in [2.05, 4.69) is 17.0 Å². The van der Waals surface area contributed by atoms with Crippen molar-refractivity contribution in [2.45, 2.75) is 23.0 Å². The molecular formula is C25H28N4O3S. The molecule has 2 aromatic carbocycles. The predicted molar refractivity (Wildman–Crippen MR) is 129 cm³/mol. The molecule has 3 heterocycles. The van der Waals surface area contributed by atoms with Crippen LogP contribution in [0.5, 0.6) is 0 Å². The summed E-state index contributed by atoms with van der Waals surface area (Å²) in [6.07, 6.45) is 1.95. The van der Waals surface area contributed by atoms with Crippen LogP contribution >= 0.6 is 11.8 Å². The third kappa shape index (κ3) is 4.44. The van der Waals surface area contributed by atoms with Crippen molar-refractivity contribution in [3.05, 3.63) is 54.6 Å². The Labute approximate surface area is 198 Å². The Morgan fingerprint density at radius 2 is 1.48 bits per heavy atom. The highest BCUT2D eigenvalue weighted by molar-refractivity contribution is 8.01. The summed E-state index contributed by atoms with van der Waals surface area (Å²) in [4.78, 5) is 48.0. The lowest BCUT2D eigenvalue weighted by Gasteiger charge is -2.38. The molecule has 0 spiro atoms. The number of rotatable bonds is 4. The fourth-order valence-corrected chi connectivity index (χ4v) is 5.92. The Kier molecular flexibility index (Phi) is 6.26. The van der Waals surface area contributed by atoms with Crippen LogP contribution < -0.4 is 9.80 Å². The molecule has 7 nitrogen and oxygen atoms in total. The minimum Gasteiger partial charge on any atom is -0.368 e. The zero-order valence-corrected chi connectivity index (χ0v) is 19.4. The van der Waals surface area contributed by atoms with Gasteiger partial charge in [0.05, 0.1) is 5.69 Å². The van der Waals surface area contributed by atoms with Crippen LogP contribution in [-0.4, -0.2) is 78.6 Å². The molecule has 5 rings (SSSR count). The number of anilines is 2. The summed E-state index contributed by atoms with van der Waals surface area (Å²) < 4.78 is 0. The Balaban J connectivity index is 1.29. The third-order valence-electron chi connectivity index (χ3n) is 6.58. The molecule has 2 fully saturated rings. The number of amides is 3. The second kappa shape index (κ2) is 9.47. The first-order valence-electron chi connectivity index (χ1n) is 11.6. The quantitative estimate of drug-likeness (QED) is 0.651. The lowest BCUT2D eigenvalue weighted by Crippen LogP contribution is -2.55. The highest BCUT2D eigenvalue weighted by atomic mass is 32.2. The smallest absolute Gasteiger partial charge is 0.250 e. The van der Waals surface area contributed by atoms with Gasteiger partial charge in [0, 0.05) is 49.9 Å². The van der Waals surface area contributed by atoms with Gasteiger partial charge in [0.15, 0.2) is 5.25 Å². The van der Waals surface area contributed by atoms with Gasteiger partial charge in [0.1, 0.15) is 6.54 Å². The molecule has 1 unspecified atom stereocenters. The molecule has 3 aliphatic heterocycles. The summed E-state index contributed by atoms with van der Waals surface area (Å²) in [5, 5.41) is -0.819. The first kappa shape index (κ1) is 21.8. The normalized spacial score (nSPS) is 20.7. The van der Waals surface area contributed by atoms with Crippen LogP contribution in [0.15, 0.2) is 59.5 Å². The fourth-order valence-electron chi connectivity index (χ4n) is 4.73. The molecule has 0 bridgehead atoms. The molecule has 33 heavy (non-hydrogen) atoms. The van der Waals surface area contributed by atoms with E-state index >= 15 is 0 Å². The SMILES string of the molecule is O=C(CN1C(=O)C(C(=O)N2CCCC2)Sc2ccccc21)N1CCN(c2ccccc2)CC1. The van der Waals surface area contributed by atoms with Gasteiger partial charge in [-0.15, -0.1) is 11.8 Å². The van der Waals surface area contributed by atoms with Gasteiger partial charge in [-0.3, -0.25) is 14.4 Å². The highest BCUT2D eigenvalue weighted by Gasteiger charge is 2.41. The number of benzene rings is 2. The summed E-state index contributed by atoms with van der Waals surface area (Å²) in [5.74, 6) is -0.497. The summed E-state index contributed by atoms with van der Waals surface area (Å²) in [6.45, 7) is 4.11. The largest absolute Gasteiger partial charge is 0.368 e. The average Bonchev–Trinajstić information content (AvgIpc) is 3.41. The molecule has 0 N–H and O–H groups in total. The van der Waals surface area contributed by atoms with Gasteiger partial charge in [0.25, 0.3) is 5.91 Å². The van der Waals surface area contributed by atoms with Crippen molar-refractivity contribution in [3.63, 3.8) is 0 Å². The van der Waals surface area contributed by atoms with Gasteiger partial charge in [-0.1, -0.05) is 30.3 Å².